The Morgan fingerprint density at radius 2 is 1.81 bits per heavy atom. The second-order valence-electron chi connectivity index (χ2n) is 6.40. The van der Waals surface area contributed by atoms with Crippen molar-refractivity contribution in [2.24, 2.45) is 0 Å². The fourth-order valence-corrected chi connectivity index (χ4v) is 2.66. The van der Waals surface area contributed by atoms with Gasteiger partial charge in [-0.2, -0.15) is 24.8 Å². The molecule has 0 bridgehead atoms. The van der Waals surface area contributed by atoms with Gasteiger partial charge in [0.15, 0.2) is 18.1 Å². The predicted octanol–water partition coefficient (Wildman–Crippen LogP) is 2.58. The van der Waals surface area contributed by atoms with Crippen molar-refractivity contribution in [1.82, 2.24) is 29.9 Å². The number of para-hydroxylation sites is 1. The standard InChI is InChI=1S/C20H17FN8O2/c1-12-17(28-29(27-12)15-5-3-2-4-6-15)18(30)31-11-16-24-19(22)26-20(25-16)23-14-9-7-13(21)8-10-14/h2-10H,11H2,1H3,(H3,22,23,24,25,26). The van der Waals surface area contributed by atoms with Crippen LogP contribution in [0.15, 0.2) is 54.6 Å². The molecule has 3 N–H and O–H groups in total. The Labute approximate surface area is 175 Å². The molecule has 2 aromatic carbocycles. The minimum Gasteiger partial charge on any atom is -0.453 e. The second-order valence-corrected chi connectivity index (χ2v) is 6.40. The topological polar surface area (TPSA) is 134 Å². The maximum absolute atomic E-state index is 13.0. The Balaban J connectivity index is 1.45. The molecule has 0 aliphatic heterocycles. The maximum Gasteiger partial charge on any atom is 0.361 e. The Kier molecular flexibility index (Phi) is 5.47. The summed E-state index contributed by atoms with van der Waals surface area (Å²) in [6, 6.07) is 14.8. The smallest absolute Gasteiger partial charge is 0.361 e. The third-order valence-electron chi connectivity index (χ3n) is 4.09. The molecule has 0 aliphatic carbocycles. The predicted molar refractivity (Wildman–Crippen MR) is 109 cm³/mol. The lowest BCUT2D eigenvalue weighted by Gasteiger charge is -2.07. The Morgan fingerprint density at radius 3 is 2.55 bits per heavy atom. The third-order valence-corrected chi connectivity index (χ3v) is 4.09. The Hall–Kier alpha value is -4.41. The third kappa shape index (κ3) is 4.78. The van der Waals surface area contributed by atoms with Crippen molar-refractivity contribution in [3.8, 4) is 5.69 Å². The molecule has 0 saturated carbocycles. The van der Waals surface area contributed by atoms with Gasteiger partial charge in [-0.05, 0) is 43.3 Å². The fraction of sp³-hybridized carbons (Fsp3) is 0.100. The van der Waals surface area contributed by atoms with Crippen molar-refractivity contribution in [2.45, 2.75) is 13.5 Å². The van der Waals surface area contributed by atoms with Crippen LogP contribution in [-0.4, -0.2) is 35.9 Å². The first-order valence-electron chi connectivity index (χ1n) is 9.17. The largest absolute Gasteiger partial charge is 0.453 e. The van der Waals surface area contributed by atoms with E-state index >= 15 is 0 Å². The number of anilines is 3. The van der Waals surface area contributed by atoms with Gasteiger partial charge in [-0.1, -0.05) is 18.2 Å². The van der Waals surface area contributed by atoms with E-state index in [4.69, 9.17) is 10.5 Å². The van der Waals surface area contributed by atoms with Crippen LogP contribution in [0.3, 0.4) is 0 Å². The van der Waals surface area contributed by atoms with Crippen molar-refractivity contribution >= 4 is 23.6 Å². The summed E-state index contributed by atoms with van der Waals surface area (Å²) >= 11 is 0. The summed E-state index contributed by atoms with van der Waals surface area (Å²) in [4.78, 5) is 25.9. The van der Waals surface area contributed by atoms with E-state index < -0.39 is 5.97 Å². The first-order valence-corrected chi connectivity index (χ1v) is 9.17. The van der Waals surface area contributed by atoms with Crippen molar-refractivity contribution in [3.63, 3.8) is 0 Å². The normalized spacial score (nSPS) is 10.6. The van der Waals surface area contributed by atoms with Crippen LogP contribution in [0.2, 0.25) is 0 Å². The van der Waals surface area contributed by atoms with Gasteiger partial charge in [0.25, 0.3) is 0 Å². The number of carbonyl (C=O) groups excluding carboxylic acids is 1. The molecular weight excluding hydrogens is 403 g/mol. The van der Waals surface area contributed by atoms with Gasteiger partial charge >= 0.3 is 5.97 Å². The van der Waals surface area contributed by atoms with Gasteiger partial charge in [0.1, 0.15) is 5.82 Å². The van der Waals surface area contributed by atoms with Crippen LogP contribution in [0, 0.1) is 12.7 Å². The lowest BCUT2D eigenvalue weighted by molar-refractivity contribution is 0.0454. The Bertz CT molecular complexity index is 1210. The monoisotopic (exact) mass is 420 g/mol. The summed E-state index contributed by atoms with van der Waals surface area (Å²) in [5.41, 5.74) is 7.49. The number of rotatable bonds is 6. The van der Waals surface area contributed by atoms with Crippen LogP contribution in [0.4, 0.5) is 22.0 Å². The minimum absolute atomic E-state index is 0.0585. The summed E-state index contributed by atoms with van der Waals surface area (Å²) in [6.07, 6.45) is 0. The number of benzene rings is 2. The van der Waals surface area contributed by atoms with E-state index in [0.29, 0.717) is 17.1 Å². The number of carbonyl (C=O) groups is 1. The molecule has 156 valence electrons. The molecule has 31 heavy (non-hydrogen) atoms. The number of hydrogen-bond donors (Lipinski definition) is 2. The molecule has 10 nitrogen and oxygen atoms in total. The lowest BCUT2D eigenvalue weighted by Crippen LogP contribution is -2.12. The zero-order valence-electron chi connectivity index (χ0n) is 16.4. The van der Waals surface area contributed by atoms with E-state index in [1.165, 1.54) is 29.1 Å². The summed E-state index contributed by atoms with van der Waals surface area (Å²) < 4.78 is 18.3. The second kappa shape index (κ2) is 8.53. The number of nitrogen functional groups attached to an aromatic ring is 1. The molecule has 4 rings (SSSR count). The number of nitrogens with two attached hydrogens (primary N) is 1. The van der Waals surface area contributed by atoms with Crippen LogP contribution >= 0.6 is 0 Å². The van der Waals surface area contributed by atoms with Crippen LogP contribution in [0.1, 0.15) is 22.0 Å². The number of aromatic nitrogens is 6. The van der Waals surface area contributed by atoms with Crippen LogP contribution < -0.4 is 11.1 Å². The van der Waals surface area contributed by atoms with Crippen LogP contribution in [0.25, 0.3) is 5.69 Å². The molecule has 0 atom stereocenters. The molecule has 0 amide bonds. The molecule has 2 aromatic heterocycles. The summed E-state index contributed by atoms with van der Waals surface area (Å²) in [6.45, 7) is 1.41. The summed E-state index contributed by atoms with van der Waals surface area (Å²) in [7, 11) is 0. The SMILES string of the molecule is Cc1nn(-c2ccccc2)nc1C(=O)OCc1nc(N)nc(Nc2ccc(F)cc2)n1. The van der Waals surface area contributed by atoms with E-state index in [1.54, 1.807) is 6.92 Å². The highest BCUT2D eigenvalue weighted by molar-refractivity contribution is 5.88. The average Bonchev–Trinajstić information content (AvgIpc) is 3.16. The molecule has 2 heterocycles. The summed E-state index contributed by atoms with van der Waals surface area (Å²) in [5.74, 6) is -0.828. The van der Waals surface area contributed by atoms with Crippen molar-refractivity contribution < 1.29 is 13.9 Å². The quantitative estimate of drug-likeness (QED) is 0.451. The molecule has 0 unspecified atom stereocenters. The fourth-order valence-electron chi connectivity index (χ4n) is 2.66. The lowest BCUT2D eigenvalue weighted by atomic mass is 10.3. The van der Waals surface area contributed by atoms with Crippen molar-refractivity contribution in [2.75, 3.05) is 11.1 Å². The van der Waals surface area contributed by atoms with E-state index in [-0.39, 0.29) is 35.8 Å². The molecule has 0 fully saturated rings. The number of ether oxygens (including phenoxy) is 1. The first-order chi connectivity index (χ1) is 15.0. The van der Waals surface area contributed by atoms with E-state index in [2.05, 4.69) is 30.5 Å². The number of esters is 1. The summed E-state index contributed by atoms with van der Waals surface area (Å²) in [5, 5.41) is 11.3. The number of aryl methyl sites for hydroxylation is 1. The minimum atomic E-state index is -0.674. The molecule has 11 heteroatoms. The molecule has 0 radical (unpaired) electrons. The molecular formula is C20H17FN8O2. The van der Waals surface area contributed by atoms with E-state index in [9.17, 15) is 9.18 Å². The zero-order valence-corrected chi connectivity index (χ0v) is 16.4. The molecule has 0 spiro atoms. The van der Waals surface area contributed by atoms with Gasteiger partial charge in [0, 0.05) is 5.69 Å². The van der Waals surface area contributed by atoms with Crippen molar-refractivity contribution in [1.29, 1.82) is 0 Å². The highest BCUT2D eigenvalue weighted by Gasteiger charge is 2.19. The number of halogens is 1. The molecule has 0 saturated heterocycles. The van der Waals surface area contributed by atoms with E-state index in [1.807, 2.05) is 30.3 Å². The van der Waals surface area contributed by atoms with Gasteiger partial charge < -0.3 is 15.8 Å². The van der Waals surface area contributed by atoms with Crippen molar-refractivity contribution in [3.05, 3.63) is 77.6 Å². The van der Waals surface area contributed by atoms with Gasteiger partial charge in [-0.3, -0.25) is 0 Å². The number of hydrogen-bond acceptors (Lipinski definition) is 9. The van der Waals surface area contributed by atoms with Gasteiger partial charge in [-0.15, -0.1) is 5.10 Å². The number of nitrogens with one attached hydrogen (secondary N) is 1. The molecule has 0 aliphatic rings. The maximum atomic E-state index is 13.0. The van der Waals surface area contributed by atoms with Gasteiger partial charge in [-0.25, -0.2) is 9.18 Å². The molecule has 4 aromatic rings. The van der Waals surface area contributed by atoms with Crippen LogP contribution in [0.5, 0.6) is 0 Å². The highest BCUT2D eigenvalue weighted by atomic mass is 19.1. The average molecular weight is 420 g/mol. The van der Waals surface area contributed by atoms with Gasteiger partial charge in [0.2, 0.25) is 11.9 Å². The van der Waals surface area contributed by atoms with Crippen LogP contribution in [-0.2, 0) is 11.3 Å². The number of nitrogens with zero attached hydrogens (tertiary/aromatic N) is 6. The zero-order chi connectivity index (χ0) is 21.8. The first kappa shape index (κ1) is 19.9. The Morgan fingerprint density at radius 1 is 1.06 bits per heavy atom. The highest BCUT2D eigenvalue weighted by Crippen LogP contribution is 2.15. The van der Waals surface area contributed by atoms with E-state index in [0.717, 1.165) is 0 Å². The van der Waals surface area contributed by atoms with Gasteiger partial charge in [0.05, 0.1) is 11.4 Å².